The van der Waals surface area contributed by atoms with Crippen LogP contribution in [-0.4, -0.2) is 33.4 Å². The van der Waals surface area contributed by atoms with Crippen molar-refractivity contribution in [2.24, 2.45) is 11.7 Å². The average Bonchev–Trinajstić information content (AvgIpc) is 2.60. The molecule has 2 unspecified atom stereocenters. The summed E-state index contributed by atoms with van der Waals surface area (Å²) in [6.07, 6.45) is 1.77. The van der Waals surface area contributed by atoms with Gasteiger partial charge in [-0.25, -0.2) is 4.39 Å². The Labute approximate surface area is 148 Å². The van der Waals surface area contributed by atoms with Crippen molar-refractivity contribution >= 4 is 5.69 Å². The minimum absolute atomic E-state index is 0.0976. The van der Waals surface area contributed by atoms with E-state index in [0.717, 1.165) is 37.2 Å². The Hall–Kier alpha value is -2.27. The number of hydrogen-bond acceptors (Lipinski definition) is 4. The highest BCUT2D eigenvalue weighted by molar-refractivity contribution is 5.56. The zero-order chi connectivity index (χ0) is 17.8. The second-order valence-corrected chi connectivity index (χ2v) is 6.64. The number of nitrogens with zero attached hydrogens (tertiary/aromatic N) is 1. The number of piperidine rings is 1. The molecule has 1 fully saturated rings. The van der Waals surface area contributed by atoms with Gasteiger partial charge >= 0.3 is 0 Å². The molecule has 4 nitrogen and oxygen atoms in total. The largest absolute Gasteiger partial charge is 0.493 e. The zero-order valence-corrected chi connectivity index (χ0v) is 14.7. The highest BCUT2D eigenvalue weighted by Crippen LogP contribution is 2.33. The topological polar surface area (TPSA) is 47.7 Å². The molecular weight excluding hydrogens is 319 g/mol. The zero-order valence-electron chi connectivity index (χ0n) is 14.7. The van der Waals surface area contributed by atoms with Crippen LogP contribution in [0.2, 0.25) is 0 Å². The molecule has 2 aromatic carbocycles. The number of anilines is 1. The fraction of sp³-hybridized carbons (Fsp3) is 0.400. The Kier molecular flexibility index (Phi) is 5.43. The molecule has 0 aromatic heterocycles. The van der Waals surface area contributed by atoms with Crippen LogP contribution in [-0.2, 0) is 6.42 Å². The van der Waals surface area contributed by atoms with Crippen molar-refractivity contribution in [2.45, 2.75) is 18.9 Å². The molecular formula is C20H25FN2O2. The molecule has 0 bridgehead atoms. The fourth-order valence-corrected chi connectivity index (χ4v) is 3.62. The maximum absolute atomic E-state index is 13.4. The number of benzene rings is 2. The molecule has 0 amide bonds. The molecule has 3 rings (SSSR count). The second kappa shape index (κ2) is 7.74. The third-order valence-corrected chi connectivity index (χ3v) is 4.72. The summed E-state index contributed by atoms with van der Waals surface area (Å²) >= 11 is 0. The van der Waals surface area contributed by atoms with Crippen molar-refractivity contribution in [3.63, 3.8) is 0 Å². The molecule has 134 valence electrons. The standard InChI is InChI=1S/C20H25FN2O2/c1-24-19-7-6-18(11-20(19)25-2)23-12-15(10-17(22)13-23)8-14-4-3-5-16(21)9-14/h3-7,9,11,15,17H,8,10,12-13,22H2,1-2H3. The third-order valence-electron chi connectivity index (χ3n) is 4.72. The minimum Gasteiger partial charge on any atom is -0.493 e. The molecule has 0 aliphatic carbocycles. The number of ether oxygens (including phenoxy) is 2. The third kappa shape index (κ3) is 4.23. The van der Waals surface area contributed by atoms with Gasteiger partial charge in [-0.3, -0.25) is 0 Å². The Morgan fingerprint density at radius 3 is 2.60 bits per heavy atom. The van der Waals surface area contributed by atoms with Crippen molar-refractivity contribution in [3.05, 3.63) is 53.8 Å². The van der Waals surface area contributed by atoms with Crippen LogP contribution in [0.4, 0.5) is 10.1 Å². The lowest BCUT2D eigenvalue weighted by Crippen LogP contribution is -2.47. The van der Waals surface area contributed by atoms with E-state index in [1.807, 2.05) is 24.3 Å². The molecule has 0 radical (unpaired) electrons. The van der Waals surface area contributed by atoms with E-state index in [2.05, 4.69) is 4.90 Å². The van der Waals surface area contributed by atoms with Crippen LogP contribution in [0.15, 0.2) is 42.5 Å². The van der Waals surface area contributed by atoms with Crippen molar-refractivity contribution in [1.29, 1.82) is 0 Å². The molecule has 5 heteroatoms. The van der Waals surface area contributed by atoms with Crippen molar-refractivity contribution < 1.29 is 13.9 Å². The Balaban J connectivity index is 1.76. The minimum atomic E-state index is -0.186. The smallest absolute Gasteiger partial charge is 0.162 e. The van der Waals surface area contributed by atoms with Gasteiger partial charge in [0, 0.05) is 30.9 Å². The van der Waals surface area contributed by atoms with E-state index in [0.29, 0.717) is 17.4 Å². The lowest BCUT2D eigenvalue weighted by atomic mass is 9.88. The molecule has 1 aliphatic heterocycles. The first-order valence-corrected chi connectivity index (χ1v) is 8.56. The maximum atomic E-state index is 13.4. The summed E-state index contributed by atoms with van der Waals surface area (Å²) in [5.41, 5.74) is 8.38. The van der Waals surface area contributed by atoms with E-state index < -0.39 is 0 Å². The van der Waals surface area contributed by atoms with Gasteiger partial charge in [0.05, 0.1) is 14.2 Å². The van der Waals surface area contributed by atoms with Crippen molar-refractivity contribution in [1.82, 2.24) is 0 Å². The van der Waals surface area contributed by atoms with E-state index in [1.165, 1.54) is 6.07 Å². The van der Waals surface area contributed by atoms with Gasteiger partial charge in [0.2, 0.25) is 0 Å². The quantitative estimate of drug-likeness (QED) is 0.905. The summed E-state index contributed by atoms with van der Waals surface area (Å²) in [4.78, 5) is 2.28. The summed E-state index contributed by atoms with van der Waals surface area (Å²) in [6, 6.07) is 12.8. The van der Waals surface area contributed by atoms with Crippen LogP contribution < -0.4 is 20.1 Å². The summed E-state index contributed by atoms with van der Waals surface area (Å²) in [6.45, 7) is 1.69. The van der Waals surface area contributed by atoms with Crippen LogP contribution >= 0.6 is 0 Å². The number of hydrogen-bond donors (Lipinski definition) is 1. The molecule has 2 atom stereocenters. The van der Waals surface area contributed by atoms with Crippen molar-refractivity contribution in [3.8, 4) is 11.5 Å². The molecule has 1 heterocycles. The van der Waals surface area contributed by atoms with Gasteiger partial charge in [-0.1, -0.05) is 12.1 Å². The maximum Gasteiger partial charge on any atom is 0.162 e. The van der Waals surface area contributed by atoms with Crippen LogP contribution in [0.25, 0.3) is 0 Å². The van der Waals surface area contributed by atoms with Gasteiger partial charge in [0.1, 0.15) is 5.82 Å². The van der Waals surface area contributed by atoms with Gasteiger partial charge in [-0.2, -0.15) is 0 Å². The van der Waals surface area contributed by atoms with Crippen LogP contribution in [0.1, 0.15) is 12.0 Å². The number of methoxy groups -OCH3 is 2. The van der Waals surface area contributed by atoms with Gasteiger partial charge < -0.3 is 20.1 Å². The second-order valence-electron chi connectivity index (χ2n) is 6.64. The van der Waals surface area contributed by atoms with Gasteiger partial charge in [0.15, 0.2) is 11.5 Å². The molecule has 2 aromatic rings. The number of nitrogens with two attached hydrogens (primary N) is 1. The van der Waals surface area contributed by atoms with Crippen LogP contribution in [0, 0.1) is 11.7 Å². The summed E-state index contributed by atoms with van der Waals surface area (Å²) in [5, 5.41) is 0. The molecule has 1 saturated heterocycles. The van der Waals surface area contributed by atoms with Crippen LogP contribution in [0.5, 0.6) is 11.5 Å². The van der Waals surface area contributed by atoms with E-state index in [9.17, 15) is 4.39 Å². The fourth-order valence-electron chi connectivity index (χ4n) is 3.62. The van der Waals surface area contributed by atoms with Gasteiger partial charge in [-0.05, 0) is 48.6 Å². The van der Waals surface area contributed by atoms with Gasteiger partial charge in [0.25, 0.3) is 0 Å². The first kappa shape index (κ1) is 17.5. The Bertz CT molecular complexity index is 723. The Morgan fingerprint density at radius 2 is 1.88 bits per heavy atom. The van der Waals surface area contributed by atoms with E-state index >= 15 is 0 Å². The normalized spacial score (nSPS) is 20.4. The predicted molar refractivity (Wildman–Crippen MR) is 97.9 cm³/mol. The monoisotopic (exact) mass is 344 g/mol. The van der Waals surface area contributed by atoms with E-state index in [4.69, 9.17) is 15.2 Å². The number of rotatable bonds is 5. The molecule has 0 saturated carbocycles. The molecule has 1 aliphatic rings. The molecule has 0 spiro atoms. The number of halogens is 1. The van der Waals surface area contributed by atoms with E-state index in [1.54, 1.807) is 26.4 Å². The summed E-state index contributed by atoms with van der Waals surface area (Å²) < 4.78 is 24.1. The Morgan fingerprint density at radius 1 is 1.08 bits per heavy atom. The van der Waals surface area contributed by atoms with Crippen molar-refractivity contribution in [2.75, 3.05) is 32.2 Å². The SMILES string of the molecule is COc1ccc(N2CC(N)CC(Cc3cccc(F)c3)C2)cc1OC. The highest BCUT2D eigenvalue weighted by atomic mass is 19.1. The van der Waals surface area contributed by atoms with Gasteiger partial charge in [-0.15, -0.1) is 0 Å². The molecule has 25 heavy (non-hydrogen) atoms. The lowest BCUT2D eigenvalue weighted by Gasteiger charge is -2.38. The average molecular weight is 344 g/mol. The highest BCUT2D eigenvalue weighted by Gasteiger charge is 2.26. The van der Waals surface area contributed by atoms with E-state index in [-0.39, 0.29) is 11.9 Å². The first-order valence-electron chi connectivity index (χ1n) is 8.56. The summed E-state index contributed by atoms with van der Waals surface area (Å²) in [7, 11) is 3.26. The summed E-state index contributed by atoms with van der Waals surface area (Å²) in [5.74, 6) is 1.62. The van der Waals surface area contributed by atoms with Crippen LogP contribution in [0.3, 0.4) is 0 Å². The molecule has 2 N–H and O–H groups in total. The first-order chi connectivity index (χ1) is 12.1. The predicted octanol–water partition coefficient (Wildman–Crippen LogP) is 3.24. The lowest BCUT2D eigenvalue weighted by molar-refractivity contribution is 0.353.